The lowest BCUT2D eigenvalue weighted by Crippen LogP contribution is -2.50. The summed E-state index contributed by atoms with van der Waals surface area (Å²) in [5.41, 5.74) is 4.21. The first-order valence-corrected chi connectivity index (χ1v) is 7.61. The molecule has 0 aromatic carbocycles. The summed E-state index contributed by atoms with van der Waals surface area (Å²) in [5.74, 6) is 6.97. The van der Waals surface area contributed by atoms with E-state index in [1.807, 2.05) is 18.0 Å². The Hall–Kier alpha value is -0.100. The SMILES string of the molecule is CC1(C(Cc2cncc(Br)c2)NN)CCCS1. The van der Waals surface area contributed by atoms with Gasteiger partial charge >= 0.3 is 0 Å². The quantitative estimate of drug-likeness (QED) is 0.662. The van der Waals surface area contributed by atoms with Gasteiger partial charge in [0.05, 0.1) is 0 Å². The van der Waals surface area contributed by atoms with E-state index >= 15 is 0 Å². The van der Waals surface area contributed by atoms with Crippen molar-refractivity contribution >= 4 is 27.7 Å². The molecule has 2 unspecified atom stereocenters. The Morgan fingerprint density at radius 1 is 1.65 bits per heavy atom. The zero-order chi connectivity index (χ0) is 12.3. The molecule has 17 heavy (non-hydrogen) atoms. The van der Waals surface area contributed by atoms with Gasteiger partial charge in [-0.3, -0.25) is 16.3 Å². The van der Waals surface area contributed by atoms with Gasteiger partial charge in [0.2, 0.25) is 0 Å². The van der Waals surface area contributed by atoms with Crippen molar-refractivity contribution in [3.05, 3.63) is 28.5 Å². The number of hydrogen-bond donors (Lipinski definition) is 2. The third kappa shape index (κ3) is 3.22. The predicted molar refractivity (Wildman–Crippen MR) is 76.8 cm³/mol. The molecule has 1 fully saturated rings. The summed E-state index contributed by atoms with van der Waals surface area (Å²) >= 11 is 5.48. The van der Waals surface area contributed by atoms with Crippen LogP contribution < -0.4 is 11.3 Å². The van der Waals surface area contributed by atoms with Crippen LogP contribution in [0.3, 0.4) is 0 Å². The summed E-state index contributed by atoms with van der Waals surface area (Å²) in [5, 5.41) is 0. The van der Waals surface area contributed by atoms with Crippen LogP contribution in [-0.4, -0.2) is 21.5 Å². The smallest absolute Gasteiger partial charge is 0.0410 e. The van der Waals surface area contributed by atoms with Gasteiger partial charge in [-0.25, -0.2) is 0 Å². The Kier molecular flexibility index (Phi) is 4.47. The predicted octanol–water partition coefficient (Wildman–Crippen LogP) is 2.50. The van der Waals surface area contributed by atoms with Crippen LogP contribution in [0, 0.1) is 0 Å². The first-order valence-electron chi connectivity index (χ1n) is 5.83. The van der Waals surface area contributed by atoms with Crippen molar-refractivity contribution in [2.24, 2.45) is 5.84 Å². The molecule has 0 radical (unpaired) electrons. The molecule has 94 valence electrons. The zero-order valence-corrected chi connectivity index (χ0v) is 12.4. The van der Waals surface area contributed by atoms with E-state index in [0.717, 1.165) is 10.9 Å². The number of aromatic nitrogens is 1. The maximum atomic E-state index is 5.73. The van der Waals surface area contributed by atoms with E-state index in [1.54, 1.807) is 6.20 Å². The molecule has 1 aliphatic heterocycles. The summed E-state index contributed by atoms with van der Waals surface area (Å²) in [7, 11) is 0. The molecule has 1 aliphatic rings. The highest BCUT2D eigenvalue weighted by Crippen LogP contribution is 2.41. The Bertz CT molecular complexity index is 380. The molecule has 2 atom stereocenters. The maximum Gasteiger partial charge on any atom is 0.0410 e. The normalized spacial score (nSPS) is 26.1. The van der Waals surface area contributed by atoms with Gasteiger partial charge in [-0.1, -0.05) is 0 Å². The van der Waals surface area contributed by atoms with Crippen LogP contribution in [-0.2, 0) is 6.42 Å². The van der Waals surface area contributed by atoms with Crippen molar-refractivity contribution in [2.45, 2.75) is 37.0 Å². The molecule has 1 aromatic rings. The number of hydrazine groups is 1. The molecule has 1 saturated heterocycles. The van der Waals surface area contributed by atoms with E-state index in [1.165, 1.54) is 24.2 Å². The van der Waals surface area contributed by atoms with Crippen LogP contribution in [0.4, 0.5) is 0 Å². The summed E-state index contributed by atoms with van der Waals surface area (Å²) in [6, 6.07) is 2.41. The Morgan fingerprint density at radius 2 is 2.47 bits per heavy atom. The summed E-state index contributed by atoms with van der Waals surface area (Å²) in [6.07, 6.45) is 7.16. The van der Waals surface area contributed by atoms with Crippen LogP contribution in [0.5, 0.6) is 0 Å². The molecule has 2 heterocycles. The highest BCUT2D eigenvalue weighted by molar-refractivity contribution is 9.10. The minimum absolute atomic E-state index is 0.247. The van der Waals surface area contributed by atoms with Gasteiger partial charge in [-0.05, 0) is 59.5 Å². The van der Waals surface area contributed by atoms with Crippen molar-refractivity contribution in [1.29, 1.82) is 0 Å². The average molecular weight is 316 g/mol. The Labute approximate surface area is 115 Å². The maximum absolute atomic E-state index is 5.73. The van der Waals surface area contributed by atoms with Gasteiger partial charge in [0.25, 0.3) is 0 Å². The second kappa shape index (κ2) is 5.69. The van der Waals surface area contributed by atoms with E-state index in [-0.39, 0.29) is 4.75 Å². The number of rotatable bonds is 4. The molecule has 0 amide bonds. The van der Waals surface area contributed by atoms with Gasteiger partial charge in [-0.15, -0.1) is 0 Å². The highest BCUT2D eigenvalue weighted by Gasteiger charge is 2.37. The van der Waals surface area contributed by atoms with Crippen molar-refractivity contribution < 1.29 is 0 Å². The molecule has 2 rings (SSSR count). The summed E-state index contributed by atoms with van der Waals surface area (Å²) in [4.78, 5) is 4.20. The fourth-order valence-electron chi connectivity index (χ4n) is 2.33. The number of pyridine rings is 1. The number of nitrogens with zero attached hydrogens (tertiary/aromatic N) is 1. The summed E-state index contributed by atoms with van der Waals surface area (Å²) in [6.45, 7) is 2.31. The molecule has 3 N–H and O–H groups in total. The second-order valence-electron chi connectivity index (χ2n) is 4.70. The third-order valence-electron chi connectivity index (χ3n) is 3.39. The van der Waals surface area contributed by atoms with Crippen LogP contribution in [0.25, 0.3) is 0 Å². The van der Waals surface area contributed by atoms with Gasteiger partial charge in [0.1, 0.15) is 0 Å². The van der Waals surface area contributed by atoms with Crippen LogP contribution in [0.1, 0.15) is 25.3 Å². The standard InChI is InChI=1S/C12H18BrN3S/c1-12(3-2-4-17-12)11(16-14)6-9-5-10(13)8-15-7-9/h5,7-8,11,16H,2-4,6,14H2,1H3. The van der Waals surface area contributed by atoms with E-state index in [9.17, 15) is 0 Å². The molecule has 0 spiro atoms. The summed E-state index contributed by atoms with van der Waals surface area (Å²) < 4.78 is 1.27. The lowest BCUT2D eigenvalue weighted by atomic mass is 9.92. The minimum Gasteiger partial charge on any atom is -0.271 e. The highest BCUT2D eigenvalue weighted by atomic mass is 79.9. The van der Waals surface area contributed by atoms with Crippen LogP contribution in [0.2, 0.25) is 0 Å². The monoisotopic (exact) mass is 315 g/mol. The number of nitrogens with two attached hydrogens (primary N) is 1. The second-order valence-corrected chi connectivity index (χ2v) is 7.24. The largest absolute Gasteiger partial charge is 0.271 e. The minimum atomic E-state index is 0.247. The van der Waals surface area contributed by atoms with Crippen molar-refractivity contribution in [2.75, 3.05) is 5.75 Å². The molecule has 0 aliphatic carbocycles. The van der Waals surface area contributed by atoms with E-state index < -0.39 is 0 Å². The van der Waals surface area contributed by atoms with Gasteiger partial charge in [-0.2, -0.15) is 11.8 Å². The van der Waals surface area contributed by atoms with E-state index in [2.05, 4.69) is 39.3 Å². The van der Waals surface area contributed by atoms with Gasteiger partial charge in [0.15, 0.2) is 0 Å². The Balaban J connectivity index is 2.09. The number of thioether (sulfide) groups is 1. The van der Waals surface area contributed by atoms with Crippen molar-refractivity contribution in [3.8, 4) is 0 Å². The first-order chi connectivity index (χ1) is 8.14. The van der Waals surface area contributed by atoms with E-state index in [0.29, 0.717) is 6.04 Å². The fourth-order valence-corrected chi connectivity index (χ4v) is 4.14. The molecule has 1 aromatic heterocycles. The van der Waals surface area contributed by atoms with E-state index in [4.69, 9.17) is 5.84 Å². The number of hydrogen-bond acceptors (Lipinski definition) is 4. The van der Waals surface area contributed by atoms with Gasteiger partial charge < -0.3 is 0 Å². The molecule has 3 nitrogen and oxygen atoms in total. The zero-order valence-electron chi connectivity index (χ0n) is 9.95. The number of halogens is 1. The topological polar surface area (TPSA) is 50.9 Å². The van der Waals surface area contributed by atoms with Crippen LogP contribution in [0.15, 0.2) is 22.9 Å². The fraction of sp³-hybridized carbons (Fsp3) is 0.583. The molecular weight excluding hydrogens is 298 g/mol. The molecular formula is C12H18BrN3S. The average Bonchev–Trinajstić information content (AvgIpc) is 2.74. The molecule has 5 heteroatoms. The number of nitrogens with one attached hydrogen (secondary N) is 1. The molecule has 0 bridgehead atoms. The third-order valence-corrected chi connectivity index (χ3v) is 5.46. The Morgan fingerprint density at radius 3 is 3.06 bits per heavy atom. The van der Waals surface area contributed by atoms with Crippen LogP contribution >= 0.6 is 27.7 Å². The lowest BCUT2D eigenvalue weighted by molar-refractivity contribution is 0.405. The first kappa shape index (κ1) is 13.3. The lowest BCUT2D eigenvalue weighted by Gasteiger charge is -2.32. The van der Waals surface area contributed by atoms with Crippen molar-refractivity contribution in [3.63, 3.8) is 0 Å². The molecule has 0 saturated carbocycles. The van der Waals surface area contributed by atoms with Crippen molar-refractivity contribution in [1.82, 2.24) is 10.4 Å². The van der Waals surface area contributed by atoms with Gasteiger partial charge in [0, 0.05) is 27.7 Å².